The summed E-state index contributed by atoms with van der Waals surface area (Å²) in [6, 6.07) is 6.27. The molecule has 0 atom stereocenters. The average Bonchev–Trinajstić information content (AvgIpc) is 2.88. The molecule has 0 amide bonds. The van der Waals surface area contributed by atoms with Crippen LogP contribution >= 0.6 is 27.7 Å². The molecule has 0 unspecified atom stereocenters. The molecule has 0 radical (unpaired) electrons. The molecule has 0 aromatic heterocycles. The lowest BCUT2D eigenvalue weighted by Gasteiger charge is -2.27. The molecule has 1 aromatic carbocycles. The third-order valence-corrected chi connectivity index (χ3v) is 5.98. The van der Waals surface area contributed by atoms with Gasteiger partial charge in [0.15, 0.2) is 0 Å². The molecule has 0 heterocycles. The molecule has 0 aliphatic heterocycles. The third-order valence-electron chi connectivity index (χ3n) is 3.94. The van der Waals surface area contributed by atoms with Crippen molar-refractivity contribution in [2.24, 2.45) is 0 Å². The van der Waals surface area contributed by atoms with E-state index in [2.05, 4.69) is 39.6 Å². The van der Waals surface area contributed by atoms with Crippen LogP contribution in [0.15, 0.2) is 22.7 Å². The Hall–Kier alpha value is -0.190. The molecule has 4 heteroatoms. The van der Waals surface area contributed by atoms with Gasteiger partial charge in [-0.3, -0.25) is 0 Å². The molecule has 0 spiro atoms. The minimum Gasteiger partial charge on any atom is -0.496 e. The summed E-state index contributed by atoms with van der Waals surface area (Å²) in [5.74, 6) is 0.889. The van der Waals surface area contributed by atoms with Gasteiger partial charge in [0.2, 0.25) is 0 Å². The van der Waals surface area contributed by atoms with Gasteiger partial charge in [-0.15, -0.1) is 0 Å². The number of benzene rings is 1. The van der Waals surface area contributed by atoms with Gasteiger partial charge in [0.25, 0.3) is 0 Å². The molecule has 2 nitrogen and oxygen atoms in total. The summed E-state index contributed by atoms with van der Waals surface area (Å²) in [5.41, 5.74) is 1.29. The highest BCUT2D eigenvalue weighted by atomic mass is 79.9. The maximum Gasteiger partial charge on any atom is 0.133 e. The second-order valence-electron chi connectivity index (χ2n) is 5.17. The molecule has 19 heavy (non-hydrogen) atoms. The van der Waals surface area contributed by atoms with Crippen molar-refractivity contribution >= 4 is 27.7 Å². The first-order chi connectivity index (χ1) is 9.19. The molecule has 1 aliphatic carbocycles. The summed E-state index contributed by atoms with van der Waals surface area (Å²) < 4.78 is 6.75. The van der Waals surface area contributed by atoms with Crippen molar-refractivity contribution in [3.8, 4) is 5.75 Å². The predicted molar refractivity (Wildman–Crippen MR) is 87.1 cm³/mol. The van der Waals surface area contributed by atoms with Crippen LogP contribution in [0.2, 0.25) is 0 Å². The number of nitrogens with one attached hydrogen (secondary N) is 1. The van der Waals surface area contributed by atoms with Crippen LogP contribution in [0.1, 0.15) is 31.2 Å². The van der Waals surface area contributed by atoms with Gasteiger partial charge in [-0.1, -0.05) is 18.9 Å². The lowest BCUT2D eigenvalue weighted by Crippen LogP contribution is -2.34. The number of ether oxygens (including phenoxy) is 1. The van der Waals surface area contributed by atoms with E-state index in [-0.39, 0.29) is 0 Å². The van der Waals surface area contributed by atoms with Gasteiger partial charge in [0, 0.05) is 17.8 Å². The van der Waals surface area contributed by atoms with Crippen LogP contribution in [0.25, 0.3) is 0 Å². The Labute approximate surface area is 128 Å². The molecule has 1 N–H and O–H groups in total. The first-order valence-electron chi connectivity index (χ1n) is 6.77. The molecule has 1 aromatic rings. The molecule has 1 aliphatic rings. The Balaban J connectivity index is 1.87. The van der Waals surface area contributed by atoms with Gasteiger partial charge < -0.3 is 10.1 Å². The van der Waals surface area contributed by atoms with Gasteiger partial charge in [-0.05, 0) is 52.7 Å². The molecule has 1 saturated carbocycles. The van der Waals surface area contributed by atoms with E-state index in [0.29, 0.717) is 4.75 Å². The van der Waals surface area contributed by atoms with Crippen molar-refractivity contribution in [1.82, 2.24) is 5.32 Å². The van der Waals surface area contributed by atoms with Crippen molar-refractivity contribution in [2.75, 3.05) is 19.9 Å². The lowest BCUT2D eigenvalue weighted by molar-refractivity contribution is 0.412. The van der Waals surface area contributed by atoms with Crippen LogP contribution in [-0.4, -0.2) is 24.7 Å². The van der Waals surface area contributed by atoms with E-state index in [1.54, 1.807) is 7.11 Å². The number of thioether (sulfide) groups is 1. The molecule has 0 bridgehead atoms. The first kappa shape index (κ1) is 15.2. The SMILES string of the molecule is COc1ccc(CNCC2(SC)CCCC2)cc1Br. The van der Waals surface area contributed by atoms with Crippen molar-refractivity contribution in [2.45, 2.75) is 37.0 Å². The second kappa shape index (κ2) is 7.00. The van der Waals surface area contributed by atoms with Crippen LogP contribution in [0.5, 0.6) is 5.75 Å². The third kappa shape index (κ3) is 3.89. The second-order valence-corrected chi connectivity index (χ2v) is 7.30. The summed E-state index contributed by atoms with van der Waals surface area (Å²) >= 11 is 5.57. The molecule has 106 valence electrons. The predicted octanol–water partition coefficient (Wildman–Crippen LogP) is 4.22. The summed E-state index contributed by atoms with van der Waals surface area (Å²) in [4.78, 5) is 0. The minimum absolute atomic E-state index is 0.476. The number of hydrogen-bond donors (Lipinski definition) is 1. The van der Waals surface area contributed by atoms with E-state index in [9.17, 15) is 0 Å². The van der Waals surface area contributed by atoms with Crippen molar-refractivity contribution in [1.29, 1.82) is 0 Å². The highest BCUT2D eigenvalue weighted by molar-refractivity contribution is 9.10. The van der Waals surface area contributed by atoms with Crippen LogP contribution in [0.4, 0.5) is 0 Å². The quantitative estimate of drug-likeness (QED) is 0.835. The monoisotopic (exact) mass is 343 g/mol. The summed E-state index contributed by atoms with van der Waals surface area (Å²) in [5, 5.41) is 3.62. The highest BCUT2D eigenvalue weighted by Gasteiger charge is 2.32. The fourth-order valence-electron chi connectivity index (χ4n) is 2.73. The van der Waals surface area contributed by atoms with Gasteiger partial charge >= 0.3 is 0 Å². The van der Waals surface area contributed by atoms with E-state index < -0.39 is 0 Å². The topological polar surface area (TPSA) is 21.3 Å². The fourth-order valence-corrected chi connectivity index (χ4v) is 4.26. The van der Waals surface area contributed by atoms with Crippen molar-refractivity contribution in [3.63, 3.8) is 0 Å². The van der Waals surface area contributed by atoms with Crippen LogP contribution < -0.4 is 10.1 Å². The lowest BCUT2D eigenvalue weighted by atomic mass is 10.1. The van der Waals surface area contributed by atoms with E-state index in [1.165, 1.54) is 31.2 Å². The van der Waals surface area contributed by atoms with Crippen LogP contribution in [0.3, 0.4) is 0 Å². The van der Waals surface area contributed by atoms with Gasteiger partial charge in [0.05, 0.1) is 11.6 Å². The molecule has 1 fully saturated rings. The minimum atomic E-state index is 0.476. The highest BCUT2D eigenvalue weighted by Crippen LogP contribution is 2.39. The average molecular weight is 344 g/mol. The van der Waals surface area contributed by atoms with Gasteiger partial charge in [-0.2, -0.15) is 11.8 Å². The maximum atomic E-state index is 5.25. The van der Waals surface area contributed by atoms with Crippen molar-refractivity contribution in [3.05, 3.63) is 28.2 Å². The zero-order valence-corrected chi connectivity index (χ0v) is 14.1. The molecule has 0 saturated heterocycles. The molecule has 2 rings (SSSR count). The zero-order valence-electron chi connectivity index (χ0n) is 11.7. The first-order valence-corrected chi connectivity index (χ1v) is 8.79. The van der Waals surface area contributed by atoms with E-state index >= 15 is 0 Å². The summed E-state index contributed by atoms with van der Waals surface area (Å²) in [6.45, 7) is 2.03. The van der Waals surface area contributed by atoms with Crippen LogP contribution in [-0.2, 0) is 6.54 Å². The van der Waals surface area contributed by atoms with Crippen LogP contribution in [0, 0.1) is 0 Å². The number of rotatable bonds is 6. The van der Waals surface area contributed by atoms with E-state index in [4.69, 9.17) is 4.74 Å². The standard InChI is InChI=1S/C15H22BrNOS/c1-18-14-6-5-12(9-13(14)16)10-17-11-15(19-2)7-3-4-8-15/h5-6,9,17H,3-4,7-8,10-11H2,1-2H3. The number of halogens is 1. The van der Waals surface area contributed by atoms with Crippen molar-refractivity contribution < 1.29 is 4.74 Å². The summed E-state index contributed by atoms with van der Waals surface area (Å²) in [6.07, 6.45) is 7.73. The Kier molecular flexibility index (Phi) is 5.60. The largest absolute Gasteiger partial charge is 0.496 e. The van der Waals surface area contributed by atoms with Gasteiger partial charge in [0.1, 0.15) is 5.75 Å². The number of hydrogen-bond acceptors (Lipinski definition) is 3. The normalized spacial score (nSPS) is 17.6. The Bertz CT molecular complexity index is 419. The molecular weight excluding hydrogens is 322 g/mol. The Morgan fingerprint density at radius 1 is 1.37 bits per heavy atom. The Morgan fingerprint density at radius 2 is 2.11 bits per heavy atom. The van der Waals surface area contributed by atoms with Gasteiger partial charge in [-0.25, -0.2) is 0 Å². The molecular formula is C15H22BrNOS. The maximum absolute atomic E-state index is 5.25. The number of methoxy groups -OCH3 is 1. The zero-order chi connectivity index (χ0) is 13.7. The fraction of sp³-hybridized carbons (Fsp3) is 0.600. The smallest absolute Gasteiger partial charge is 0.133 e. The van der Waals surface area contributed by atoms with E-state index in [0.717, 1.165) is 23.3 Å². The Morgan fingerprint density at radius 3 is 2.68 bits per heavy atom. The van der Waals surface area contributed by atoms with E-state index in [1.807, 2.05) is 17.8 Å². The summed E-state index contributed by atoms with van der Waals surface area (Å²) in [7, 11) is 1.69.